The Bertz CT molecular complexity index is 68.4. The fourth-order valence-corrected chi connectivity index (χ4v) is 0.117. The number of carbonyl (C=O) groups excluding carboxylic acids is 1. The summed E-state index contributed by atoms with van der Waals surface area (Å²) >= 11 is 0. The maximum atomic E-state index is 9.75. The number of ether oxygens (including phenoxy) is 1. The summed E-state index contributed by atoms with van der Waals surface area (Å²) < 4.78 is 4.17. The van der Waals surface area contributed by atoms with Crippen LogP contribution >= 0.6 is 0 Å². The third kappa shape index (κ3) is 19.3. The van der Waals surface area contributed by atoms with Crippen LogP contribution in [0.2, 0.25) is 0 Å². The zero-order chi connectivity index (χ0) is 6.99. The minimum atomic E-state index is -0.329. The lowest BCUT2D eigenvalue weighted by Crippen LogP contribution is -1.87. The Morgan fingerprint density at radius 1 is 1.75 bits per heavy atom. The van der Waals surface area contributed by atoms with Crippen molar-refractivity contribution in [2.75, 3.05) is 0 Å². The number of rotatable bonds is 1. The van der Waals surface area contributed by atoms with Gasteiger partial charge in [0.1, 0.15) is 0 Å². The molecule has 0 aromatic heterocycles. The molecule has 8 heavy (non-hydrogen) atoms. The molecule has 0 aliphatic rings. The molecule has 0 rings (SSSR count). The van der Waals surface area contributed by atoms with Crippen LogP contribution in [0.15, 0.2) is 12.8 Å². The molecular formula is C4H8O4. The summed E-state index contributed by atoms with van der Waals surface area (Å²) in [5.74, 6) is -0.329. The first-order valence-corrected chi connectivity index (χ1v) is 1.75. The van der Waals surface area contributed by atoms with E-state index in [0.717, 1.165) is 6.26 Å². The maximum Gasteiger partial charge on any atom is 0.307 e. The average molecular weight is 120 g/mol. The Hall–Kier alpha value is -0.870. The van der Waals surface area contributed by atoms with Crippen LogP contribution in [0.3, 0.4) is 0 Å². The minimum absolute atomic E-state index is 0.329. The van der Waals surface area contributed by atoms with Crippen LogP contribution in [0.5, 0.6) is 0 Å². The predicted octanol–water partition coefficient (Wildman–Crippen LogP) is 0.710. The van der Waals surface area contributed by atoms with Gasteiger partial charge in [-0.1, -0.05) is 6.58 Å². The third-order valence-corrected chi connectivity index (χ3v) is 0.249. The molecule has 0 amide bonds. The normalized spacial score (nSPS) is 5.88. The van der Waals surface area contributed by atoms with Crippen molar-refractivity contribution >= 4 is 5.97 Å². The van der Waals surface area contributed by atoms with E-state index >= 15 is 0 Å². The van der Waals surface area contributed by atoms with Crippen molar-refractivity contribution in [1.29, 1.82) is 0 Å². The third-order valence-electron chi connectivity index (χ3n) is 0.249. The molecular weight excluding hydrogens is 112 g/mol. The van der Waals surface area contributed by atoms with Gasteiger partial charge in [-0.3, -0.25) is 15.3 Å². The molecule has 48 valence electrons. The second-order valence-corrected chi connectivity index (χ2v) is 0.776. The minimum Gasteiger partial charge on any atom is -0.435 e. The van der Waals surface area contributed by atoms with Gasteiger partial charge in [0.2, 0.25) is 0 Å². The summed E-state index contributed by atoms with van der Waals surface area (Å²) in [4.78, 5) is 9.75. The number of hydrogen-bond acceptors (Lipinski definition) is 4. The number of carbonyl (C=O) groups is 1. The molecule has 0 unspecified atom stereocenters. The first-order chi connectivity index (χ1) is 3.77. The van der Waals surface area contributed by atoms with Crippen LogP contribution in [-0.4, -0.2) is 16.5 Å². The van der Waals surface area contributed by atoms with E-state index in [4.69, 9.17) is 10.5 Å². The van der Waals surface area contributed by atoms with Gasteiger partial charge < -0.3 is 4.74 Å². The van der Waals surface area contributed by atoms with Crippen LogP contribution in [0, 0.1) is 0 Å². The summed E-state index contributed by atoms with van der Waals surface area (Å²) in [5.41, 5.74) is 0. The van der Waals surface area contributed by atoms with E-state index in [2.05, 4.69) is 11.3 Å². The molecule has 4 heteroatoms. The highest BCUT2D eigenvalue weighted by Gasteiger charge is 1.79. The molecule has 2 N–H and O–H groups in total. The molecule has 0 fully saturated rings. The van der Waals surface area contributed by atoms with Crippen LogP contribution in [0.1, 0.15) is 6.92 Å². The van der Waals surface area contributed by atoms with Crippen molar-refractivity contribution in [2.24, 2.45) is 0 Å². The van der Waals surface area contributed by atoms with E-state index in [9.17, 15) is 4.79 Å². The zero-order valence-electron chi connectivity index (χ0n) is 4.50. The summed E-state index contributed by atoms with van der Waals surface area (Å²) in [6.07, 6.45) is 1.10. The van der Waals surface area contributed by atoms with E-state index in [1.807, 2.05) is 0 Å². The van der Waals surface area contributed by atoms with Crippen LogP contribution in [-0.2, 0) is 9.53 Å². The van der Waals surface area contributed by atoms with Crippen molar-refractivity contribution < 1.29 is 20.0 Å². The highest BCUT2D eigenvalue weighted by Crippen LogP contribution is 1.70. The molecule has 0 heterocycles. The van der Waals surface area contributed by atoms with Gasteiger partial charge in [-0.25, -0.2) is 0 Å². The summed E-state index contributed by atoms with van der Waals surface area (Å²) in [6.45, 7) is 4.48. The van der Waals surface area contributed by atoms with Crippen molar-refractivity contribution in [3.8, 4) is 0 Å². The molecule has 0 aliphatic carbocycles. The smallest absolute Gasteiger partial charge is 0.307 e. The van der Waals surface area contributed by atoms with Crippen LogP contribution < -0.4 is 0 Å². The van der Waals surface area contributed by atoms with Crippen molar-refractivity contribution in [2.45, 2.75) is 6.92 Å². The molecule has 0 bridgehead atoms. The molecule has 0 radical (unpaired) electrons. The van der Waals surface area contributed by atoms with Gasteiger partial charge in [0.25, 0.3) is 0 Å². The van der Waals surface area contributed by atoms with Crippen molar-refractivity contribution in [3.63, 3.8) is 0 Å². The molecule has 4 nitrogen and oxygen atoms in total. The fourth-order valence-electron chi connectivity index (χ4n) is 0.117. The van der Waals surface area contributed by atoms with Gasteiger partial charge in [0, 0.05) is 6.92 Å². The Morgan fingerprint density at radius 2 is 2.12 bits per heavy atom. The molecule has 0 aliphatic heterocycles. The maximum absolute atomic E-state index is 9.75. The Kier molecular flexibility index (Phi) is 12.0. The van der Waals surface area contributed by atoms with Crippen molar-refractivity contribution in [1.82, 2.24) is 0 Å². The Balaban J connectivity index is 0. The van der Waals surface area contributed by atoms with Gasteiger partial charge in [0.05, 0.1) is 6.26 Å². The van der Waals surface area contributed by atoms with E-state index in [1.165, 1.54) is 6.92 Å². The van der Waals surface area contributed by atoms with Gasteiger partial charge in [0.15, 0.2) is 0 Å². The second-order valence-electron chi connectivity index (χ2n) is 0.776. The van der Waals surface area contributed by atoms with Gasteiger partial charge in [-0.05, 0) is 0 Å². The van der Waals surface area contributed by atoms with E-state index < -0.39 is 0 Å². The van der Waals surface area contributed by atoms with Gasteiger partial charge >= 0.3 is 5.97 Å². The van der Waals surface area contributed by atoms with E-state index in [-0.39, 0.29) is 5.97 Å². The molecule has 0 saturated carbocycles. The SMILES string of the molecule is C=COC(C)=O.OO. The number of esters is 1. The molecule has 0 aromatic rings. The highest BCUT2D eigenvalue weighted by atomic mass is 17.0. The van der Waals surface area contributed by atoms with E-state index in [0.29, 0.717) is 0 Å². The lowest BCUT2D eigenvalue weighted by atomic mass is 10.8. The topological polar surface area (TPSA) is 66.8 Å². The van der Waals surface area contributed by atoms with Gasteiger partial charge in [-0.15, -0.1) is 0 Å². The summed E-state index contributed by atoms with van der Waals surface area (Å²) in [6, 6.07) is 0. The molecule has 0 spiro atoms. The van der Waals surface area contributed by atoms with Gasteiger partial charge in [-0.2, -0.15) is 0 Å². The van der Waals surface area contributed by atoms with Crippen molar-refractivity contribution in [3.05, 3.63) is 12.8 Å². The quantitative estimate of drug-likeness (QED) is 0.231. The first kappa shape index (κ1) is 10.2. The Labute approximate surface area is 46.9 Å². The fraction of sp³-hybridized carbons (Fsp3) is 0.250. The zero-order valence-corrected chi connectivity index (χ0v) is 4.50. The largest absolute Gasteiger partial charge is 0.435 e. The molecule has 0 saturated heterocycles. The number of hydrogen-bond donors (Lipinski definition) is 2. The lowest BCUT2D eigenvalue weighted by molar-refractivity contribution is -0.176. The second kappa shape index (κ2) is 9.46. The first-order valence-electron chi connectivity index (χ1n) is 1.75. The molecule has 0 atom stereocenters. The Morgan fingerprint density at radius 3 is 2.12 bits per heavy atom. The average Bonchev–Trinajstić information content (AvgIpc) is 1.72. The lowest BCUT2D eigenvalue weighted by Gasteiger charge is -1.83. The standard InChI is InChI=1S/C4H6O2.H2O2/c1-3-6-4(2)5;1-2/h3H,1H2,2H3;1-2H. The monoisotopic (exact) mass is 120 g/mol. The van der Waals surface area contributed by atoms with E-state index in [1.54, 1.807) is 0 Å². The highest BCUT2D eigenvalue weighted by molar-refractivity contribution is 5.66. The molecule has 0 aromatic carbocycles. The summed E-state index contributed by atoms with van der Waals surface area (Å²) in [5, 5.41) is 12.0. The predicted molar refractivity (Wildman–Crippen MR) is 27.2 cm³/mol. The van der Waals surface area contributed by atoms with Crippen LogP contribution in [0.25, 0.3) is 0 Å². The summed E-state index contributed by atoms with van der Waals surface area (Å²) in [7, 11) is 0. The van der Waals surface area contributed by atoms with Crippen LogP contribution in [0.4, 0.5) is 0 Å².